The first-order valence-electron chi connectivity index (χ1n) is 8.19. The molecule has 8 heteroatoms. The van der Waals surface area contributed by atoms with E-state index in [2.05, 4.69) is 30.2 Å². The molecule has 1 N–H and O–H groups in total. The molecule has 0 aromatic carbocycles. The van der Waals surface area contributed by atoms with Crippen molar-refractivity contribution in [2.75, 3.05) is 39.3 Å². The molecule has 3 heterocycles. The first kappa shape index (κ1) is 16.5. The summed E-state index contributed by atoms with van der Waals surface area (Å²) in [7, 11) is 0. The van der Waals surface area contributed by atoms with E-state index in [1.54, 1.807) is 12.4 Å². The molecule has 0 spiro atoms. The number of rotatable bonds is 6. The van der Waals surface area contributed by atoms with Crippen molar-refractivity contribution in [2.24, 2.45) is 0 Å². The van der Waals surface area contributed by atoms with Gasteiger partial charge in [0.2, 0.25) is 17.6 Å². The van der Waals surface area contributed by atoms with E-state index in [0.29, 0.717) is 31.3 Å². The van der Waals surface area contributed by atoms with Gasteiger partial charge < -0.3 is 9.84 Å². The highest BCUT2D eigenvalue weighted by atomic mass is 16.5. The number of carbonyl (C=O) groups excluding carboxylic acids is 1. The molecule has 2 aromatic rings. The average Bonchev–Trinajstić information content (AvgIpc) is 3.06. The molecule has 1 fully saturated rings. The number of aromatic nitrogens is 3. The van der Waals surface area contributed by atoms with E-state index in [-0.39, 0.29) is 5.91 Å². The number of likely N-dealkylation sites (N-methyl/N-ethyl adjacent to an activating group) is 1. The topological polar surface area (TPSA) is 87.4 Å². The van der Waals surface area contributed by atoms with Gasteiger partial charge >= 0.3 is 0 Å². The predicted molar refractivity (Wildman–Crippen MR) is 87.9 cm³/mol. The van der Waals surface area contributed by atoms with E-state index in [0.717, 1.165) is 31.7 Å². The van der Waals surface area contributed by atoms with E-state index in [1.165, 1.54) is 0 Å². The van der Waals surface area contributed by atoms with Gasteiger partial charge in [-0.3, -0.25) is 19.6 Å². The van der Waals surface area contributed by atoms with Crippen molar-refractivity contribution in [1.82, 2.24) is 30.2 Å². The molecule has 8 nitrogen and oxygen atoms in total. The Kier molecular flexibility index (Phi) is 5.50. The molecule has 128 valence electrons. The molecular weight excluding hydrogens is 308 g/mol. The molecule has 0 aliphatic carbocycles. The molecule has 1 aliphatic rings. The van der Waals surface area contributed by atoms with Crippen molar-refractivity contribution in [3.05, 3.63) is 30.4 Å². The van der Waals surface area contributed by atoms with E-state index in [4.69, 9.17) is 4.52 Å². The van der Waals surface area contributed by atoms with Crippen molar-refractivity contribution in [3.63, 3.8) is 0 Å². The molecule has 1 saturated heterocycles. The molecular formula is C16H22N6O2. The summed E-state index contributed by atoms with van der Waals surface area (Å²) in [5, 5.41) is 6.84. The molecule has 3 rings (SSSR count). The zero-order valence-corrected chi connectivity index (χ0v) is 13.8. The lowest BCUT2D eigenvalue weighted by Crippen LogP contribution is -2.49. The highest BCUT2D eigenvalue weighted by molar-refractivity contribution is 5.77. The normalized spacial score (nSPS) is 16.2. The minimum atomic E-state index is 0.0870. The third-order valence-electron chi connectivity index (χ3n) is 3.95. The van der Waals surface area contributed by atoms with E-state index in [9.17, 15) is 4.79 Å². The Morgan fingerprint density at radius 3 is 2.79 bits per heavy atom. The SMILES string of the molecule is CCNC(=O)CN1CCN(Cc2nc(-c3cccnc3)no2)CC1. The van der Waals surface area contributed by atoms with Crippen LogP contribution in [0.5, 0.6) is 0 Å². The van der Waals surface area contributed by atoms with Crippen molar-refractivity contribution in [2.45, 2.75) is 13.5 Å². The second-order valence-corrected chi connectivity index (χ2v) is 5.76. The Morgan fingerprint density at radius 2 is 2.08 bits per heavy atom. The quantitative estimate of drug-likeness (QED) is 0.819. The molecule has 0 bridgehead atoms. The highest BCUT2D eigenvalue weighted by Crippen LogP contribution is 2.15. The Balaban J connectivity index is 1.48. The van der Waals surface area contributed by atoms with Gasteiger partial charge in [0.1, 0.15) is 0 Å². The summed E-state index contributed by atoms with van der Waals surface area (Å²) >= 11 is 0. The van der Waals surface area contributed by atoms with E-state index < -0.39 is 0 Å². The number of carbonyl (C=O) groups is 1. The molecule has 0 radical (unpaired) electrons. The summed E-state index contributed by atoms with van der Waals surface area (Å²) in [4.78, 5) is 24.5. The maximum atomic E-state index is 11.6. The molecule has 2 aromatic heterocycles. The highest BCUT2D eigenvalue weighted by Gasteiger charge is 2.20. The lowest BCUT2D eigenvalue weighted by molar-refractivity contribution is -0.122. The van der Waals surface area contributed by atoms with Crippen molar-refractivity contribution < 1.29 is 9.32 Å². The number of nitrogens with one attached hydrogen (secondary N) is 1. The maximum absolute atomic E-state index is 11.6. The summed E-state index contributed by atoms with van der Waals surface area (Å²) in [6, 6.07) is 3.75. The van der Waals surface area contributed by atoms with Gasteiger partial charge in [-0.15, -0.1) is 0 Å². The fraction of sp³-hybridized carbons (Fsp3) is 0.500. The minimum Gasteiger partial charge on any atom is -0.355 e. The average molecular weight is 330 g/mol. The second kappa shape index (κ2) is 7.98. The largest absolute Gasteiger partial charge is 0.355 e. The molecule has 0 unspecified atom stereocenters. The molecule has 1 amide bonds. The van der Waals surface area contributed by atoms with Crippen LogP contribution in [0.4, 0.5) is 0 Å². The van der Waals surface area contributed by atoms with Crippen molar-refractivity contribution in [3.8, 4) is 11.4 Å². The predicted octanol–water partition coefficient (Wildman–Crippen LogP) is 0.385. The number of hydrogen-bond acceptors (Lipinski definition) is 7. The zero-order chi connectivity index (χ0) is 16.8. The summed E-state index contributed by atoms with van der Waals surface area (Å²) < 4.78 is 5.34. The fourth-order valence-corrected chi connectivity index (χ4v) is 2.68. The Bertz CT molecular complexity index is 652. The standard InChI is InChI=1S/C16H22N6O2/c1-2-18-14(23)11-21-6-8-22(9-7-21)12-15-19-16(20-24-15)13-4-3-5-17-10-13/h3-5,10H,2,6-9,11-12H2,1H3,(H,18,23). The molecule has 0 saturated carbocycles. The third-order valence-corrected chi connectivity index (χ3v) is 3.95. The monoisotopic (exact) mass is 330 g/mol. The molecule has 0 atom stereocenters. The number of piperazine rings is 1. The van der Waals surface area contributed by atoms with Crippen LogP contribution in [0.3, 0.4) is 0 Å². The summed E-state index contributed by atoms with van der Waals surface area (Å²) in [6.07, 6.45) is 3.43. The first-order valence-corrected chi connectivity index (χ1v) is 8.19. The van der Waals surface area contributed by atoms with Gasteiger partial charge in [-0.1, -0.05) is 5.16 Å². The van der Waals surface area contributed by atoms with Crippen LogP contribution in [-0.2, 0) is 11.3 Å². The Morgan fingerprint density at radius 1 is 1.29 bits per heavy atom. The summed E-state index contributed by atoms with van der Waals surface area (Å²) in [5.41, 5.74) is 0.847. The van der Waals surface area contributed by atoms with Crippen LogP contribution in [0.2, 0.25) is 0 Å². The Hall–Kier alpha value is -2.32. The fourth-order valence-electron chi connectivity index (χ4n) is 2.68. The van der Waals surface area contributed by atoms with Gasteiger partial charge in [0, 0.05) is 50.7 Å². The van der Waals surface area contributed by atoms with Gasteiger partial charge in [-0.25, -0.2) is 0 Å². The van der Waals surface area contributed by atoms with Crippen LogP contribution >= 0.6 is 0 Å². The second-order valence-electron chi connectivity index (χ2n) is 5.76. The number of nitrogens with zero attached hydrogens (tertiary/aromatic N) is 5. The van der Waals surface area contributed by atoms with Crippen LogP contribution < -0.4 is 5.32 Å². The molecule has 1 aliphatic heterocycles. The van der Waals surface area contributed by atoms with Gasteiger partial charge in [0.05, 0.1) is 13.1 Å². The Labute approximate surface area is 140 Å². The summed E-state index contributed by atoms with van der Waals surface area (Å²) in [5.74, 6) is 1.25. The van der Waals surface area contributed by atoms with Crippen LogP contribution in [-0.4, -0.2) is 70.1 Å². The lowest BCUT2D eigenvalue weighted by Gasteiger charge is -2.33. The van der Waals surface area contributed by atoms with Crippen LogP contribution in [0.1, 0.15) is 12.8 Å². The van der Waals surface area contributed by atoms with Crippen LogP contribution in [0.15, 0.2) is 29.0 Å². The van der Waals surface area contributed by atoms with Crippen LogP contribution in [0, 0.1) is 0 Å². The van der Waals surface area contributed by atoms with Gasteiger partial charge in [0.25, 0.3) is 0 Å². The third kappa shape index (κ3) is 4.36. The first-order chi connectivity index (χ1) is 11.7. The number of hydrogen-bond donors (Lipinski definition) is 1. The summed E-state index contributed by atoms with van der Waals surface area (Å²) in [6.45, 7) is 7.18. The van der Waals surface area contributed by atoms with E-state index in [1.807, 2.05) is 19.1 Å². The zero-order valence-electron chi connectivity index (χ0n) is 13.8. The van der Waals surface area contributed by atoms with Gasteiger partial charge in [-0.05, 0) is 19.1 Å². The van der Waals surface area contributed by atoms with Gasteiger partial charge in [-0.2, -0.15) is 4.98 Å². The smallest absolute Gasteiger partial charge is 0.241 e. The maximum Gasteiger partial charge on any atom is 0.241 e. The van der Waals surface area contributed by atoms with Crippen molar-refractivity contribution >= 4 is 5.91 Å². The lowest BCUT2D eigenvalue weighted by atomic mass is 10.3. The number of pyridine rings is 1. The minimum absolute atomic E-state index is 0.0870. The van der Waals surface area contributed by atoms with Gasteiger partial charge in [0.15, 0.2) is 0 Å². The molecule has 24 heavy (non-hydrogen) atoms. The van der Waals surface area contributed by atoms with Crippen LogP contribution in [0.25, 0.3) is 11.4 Å². The van der Waals surface area contributed by atoms with E-state index >= 15 is 0 Å². The number of amides is 1. The van der Waals surface area contributed by atoms with Crippen molar-refractivity contribution in [1.29, 1.82) is 0 Å².